The minimum absolute atomic E-state index is 0.0290. The average Bonchev–Trinajstić information content (AvgIpc) is 2.61. The minimum atomic E-state index is -0.467. The zero-order valence-corrected chi connectivity index (χ0v) is 14.9. The SMILES string of the molecule is Cc1ccc([N+](=O)[O-])cc1NC(=O)CCN(C)C1CCC(CO)CC1. The first-order valence-corrected chi connectivity index (χ1v) is 8.76. The Bertz CT molecular complexity index is 612. The lowest BCUT2D eigenvalue weighted by atomic mass is 9.86. The van der Waals surface area contributed by atoms with E-state index < -0.39 is 4.92 Å². The number of anilines is 1. The number of nitrogens with one attached hydrogen (secondary N) is 1. The molecule has 0 unspecified atom stereocenters. The van der Waals surface area contributed by atoms with Crippen molar-refractivity contribution in [1.82, 2.24) is 4.90 Å². The van der Waals surface area contributed by atoms with E-state index in [0.717, 1.165) is 31.2 Å². The Labute approximate surface area is 148 Å². The van der Waals surface area contributed by atoms with Crippen LogP contribution in [0.3, 0.4) is 0 Å². The Hall–Kier alpha value is -1.99. The molecule has 1 amide bonds. The zero-order chi connectivity index (χ0) is 18.4. The fourth-order valence-corrected chi connectivity index (χ4v) is 3.30. The molecule has 0 saturated heterocycles. The Kier molecular flexibility index (Phi) is 6.90. The molecule has 1 aromatic rings. The number of non-ortho nitro benzene ring substituents is 1. The maximum atomic E-state index is 12.2. The first-order valence-electron chi connectivity index (χ1n) is 8.76. The largest absolute Gasteiger partial charge is 0.396 e. The molecule has 1 aliphatic carbocycles. The van der Waals surface area contributed by atoms with Crippen LogP contribution in [0.15, 0.2) is 18.2 Å². The fourth-order valence-electron chi connectivity index (χ4n) is 3.30. The van der Waals surface area contributed by atoms with Crippen molar-refractivity contribution in [3.8, 4) is 0 Å². The second-order valence-electron chi connectivity index (χ2n) is 6.89. The minimum Gasteiger partial charge on any atom is -0.396 e. The lowest BCUT2D eigenvalue weighted by Gasteiger charge is -2.34. The van der Waals surface area contributed by atoms with Gasteiger partial charge in [-0.25, -0.2) is 0 Å². The molecule has 25 heavy (non-hydrogen) atoms. The Morgan fingerprint density at radius 3 is 2.64 bits per heavy atom. The van der Waals surface area contributed by atoms with Gasteiger partial charge < -0.3 is 15.3 Å². The molecule has 2 rings (SSSR count). The predicted octanol–water partition coefficient (Wildman–Crippen LogP) is 2.71. The van der Waals surface area contributed by atoms with Crippen molar-refractivity contribution >= 4 is 17.3 Å². The molecule has 0 atom stereocenters. The number of nitro benzene ring substituents is 1. The van der Waals surface area contributed by atoms with Gasteiger partial charge in [-0.3, -0.25) is 14.9 Å². The molecule has 7 heteroatoms. The molecule has 0 aliphatic heterocycles. The quantitative estimate of drug-likeness (QED) is 0.583. The summed E-state index contributed by atoms with van der Waals surface area (Å²) in [5, 5.41) is 22.8. The summed E-state index contributed by atoms with van der Waals surface area (Å²) >= 11 is 0. The van der Waals surface area contributed by atoms with Gasteiger partial charge in [-0.15, -0.1) is 0 Å². The van der Waals surface area contributed by atoms with Crippen LogP contribution in [-0.4, -0.2) is 47.1 Å². The van der Waals surface area contributed by atoms with Gasteiger partial charge in [0.2, 0.25) is 5.91 Å². The van der Waals surface area contributed by atoms with Gasteiger partial charge in [0.15, 0.2) is 0 Å². The summed E-state index contributed by atoms with van der Waals surface area (Å²) in [4.78, 5) is 24.8. The van der Waals surface area contributed by atoms with Crippen LogP contribution in [0.2, 0.25) is 0 Å². The highest BCUT2D eigenvalue weighted by molar-refractivity contribution is 5.92. The number of aliphatic hydroxyl groups excluding tert-OH is 1. The Morgan fingerprint density at radius 2 is 2.04 bits per heavy atom. The number of nitro groups is 1. The second-order valence-corrected chi connectivity index (χ2v) is 6.89. The summed E-state index contributed by atoms with van der Waals surface area (Å²) in [7, 11) is 2.02. The van der Waals surface area contributed by atoms with E-state index in [1.165, 1.54) is 12.1 Å². The highest BCUT2D eigenvalue weighted by Crippen LogP contribution is 2.27. The highest BCUT2D eigenvalue weighted by atomic mass is 16.6. The number of aryl methyl sites for hydroxylation is 1. The molecule has 7 nitrogen and oxygen atoms in total. The molecule has 1 aliphatic rings. The van der Waals surface area contributed by atoms with Crippen molar-refractivity contribution in [3.63, 3.8) is 0 Å². The van der Waals surface area contributed by atoms with Crippen molar-refractivity contribution < 1.29 is 14.8 Å². The summed E-state index contributed by atoms with van der Waals surface area (Å²) < 4.78 is 0. The van der Waals surface area contributed by atoms with Crippen LogP contribution in [0, 0.1) is 23.0 Å². The second kappa shape index (κ2) is 8.92. The molecule has 0 heterocycles. The van der Waals surface area contributed by atoms with Crippen molar-refractivity contribution in [3.05, 3.63) is 33.9 Å². The first kappa shape index (κ1) is 19.3. The summed E-state index contributed by atoms with van der Waals surface area (Å²) in [6.07, 6.45) is 4.51. The van der Waals surface area contributed by atoms with E-state index in [-0.39, 0.29) is 18.2 Å². The van der Waals surface area contributed by atoms with Crippen molar-refractivity contribution in [2.75, 3.05) is 25.5 Å². The molecule has 0 spiro atoms. The molecule has 1 saturated carbocycles. The third kappa shape index (κ3) is 5.51. The predicted molar refractivity (Wildman–Crippen MR) is 96.5 cm³/mol. The normalized spacial score (nSPS) is 20.5. The zero-order valence-electron chi connectivity index (χ0n) is 14.9. The first-order chi connectivity index (χ1) is 11.9. The number of amides is 1. The number of nitrogens with zero attached hydrogens (tertiary/aromatic N) is 2. The van der Waals surface area contributed by atoms with Crippen molar-refractivity contribution in [1.29, 1.82) is 0 Å². The van der Waals surface area contributed by atoms with Crippen molar-refractivity contribution in [2.45, 2.75) is 45.1 Å². The van der Waals surface area contributed by atoms with Gasteiger partial charge in [-0.1, -0.05) is 6.07 Å². The van der Waals surface area contributed by atoms with E-state index in [9.17, 15) is 20.0 Å². The lowest BCUT2D eigenvalue weighted by molar-refractivity contribution is -0.384. The van der Waals surface area contributed by atoms with Crippen LogP contribution in [0.4, 0.5) is 11.4 Å². The lowest BCUT2D eigenvalue weighted by Crippen LogP contribution is -2.37. The number of benzene rings is 1. The number of carbonyl (C=O) groups excluding carboxylic acids is 1. The summed E-state index contributed by atoms with van der Waals surface area (Å²) in [6.45, 7) is 2.72. The van der Waals surface area contributed by atoms with Gasteiger partial charge in [0, 0.05) is 37.7 Å². The molecule has 0 aromatic heterocycles. The van der Waals surface area contributed by atoms with Gasteiger partial charge in [0.1, 0.15) is 0 Å². The molecule has 0 radical (unpaired) electrons. The molecular formula is C18H27N3O4. The number of hydrogen-bond donors (Lipinski definition) is 2. The molecular weight excluding hydrogens is 322 g/mol. The maximum Gasteiger partial charge on any atom is 0.271 e. The number of aliphatic hydroxyl groups is 1. The molecule has 1 aromatic carbocycles. The number of rotatable bonds is 7. The summed E-state index contributed by atoms with van der Waals surface area (Å²) in [5.74, 6) is 0.282. The maximum absolute atomic E-state index is 12.2. The summed E-state index contributed by atoms with van der Waals surface area (Å²) in [5.41, 5.74) is 1.26. The van der Waals surface area contributed by atoms with E-state index >= 15 is 0 Å². The molecule has 138 valence electrons. The van der Waals surface area contributed by atoms with Crippen LogP contribution in [0.1, 0.15) is 37.7 Å². The molecule has 1 fully saturated rings. The third-order valence-electron chi connectivity index (χ3n) is 5.10. The fraction of sp³-hybridized carbons (Fsp3) is 0.611. The van der Waals surface area contributed by atoms with Crippen LogP contribution in [0.5, 0.6) is 0 Å². The topological polar surface area (TPSA) is 95.7 Å². The Balaban J connectivity index is 1.82. The van der Waals surface area contributed by atoms with Gasteiger partial charge in [0.25, 0.3) is 5.69 Å². The highest BCUT2D eigenvalue weighted by Gasteiger charge is 2.23. The van der Waals surface area contributed by atoms with Gasteiger partial charge >= 0.3 is 0 Å². The number of carbonyl (C=O) groups is 1. The van der Waals surface area contributed by atoms with Crippen LogP contribution >= 0.6 is 0 Å². The van der Waals surface area contributed by atoms with E-state index in [1.807, 2.05) is 14.0 Å². The standard InChI is InChI=1S/C18H27N3O4/c1-13-3-6-16(21(24)25)11-17(13)19-18(23)9-10-20(2)15-7-4-14(12-22)5-8-15/h3,6,11,14-15,22H,4-5,7-10,12H2,1-2H3,(H,19,23). The van der Waals surface area contributed by atoms with E-state index in [2.05, 4.69) is 10.2 Å². The smallest absolute Gasteiger partial charge is 0.271 e. The van der Waals surface area contributed by atoms with Crippen LogP contribution in [-0.2, 0) is 4.79 Å². The van der Waals surface area contributed by atoms with Crippen molar-refractivity contribution in [2.24, 2.45) is 5.92 Å². The van der Waals surface area contributed by atoms with Gasteiger partial charge in [-0.2, -0.15) is 0 Å². The number of hydrogen-bond acceptors (Lipinski definition) is 5. The summed E-state index contributed by atoms with van der Waals surface area (Å²) in [6, 6.07) is 4.92. The van der Waals surface area contributed by atoms with Crippen LogP contribution < -0.4 is 5.32 Å². The molecule has 2 N–H and O–H groups in total. The van der Waals surface area contributed by atoms with E-state index in [1.54, 1.807) is 6.07 Å². The monoisotopic (exact) mass is 349 g/mol. The van der Waals surface area contributed by atoms with Crippen LogP contribution in [0.25, 0.3) is 0 Å². The van der Waals surface area contributed by atoms with Gasteiger partial charge in [-0.05, 0) is 51.1 Å². The Morgan fingerprint density at radius 1 is 1.36 bits per heavy atom. The van der Waals surface area contributed by atoms with E-state index in [4.69, 9.17) is 0 Å². The third-order valence-corrected chi connectivity index (χ3v) is 5.10. The van der Waals surface area contributed by atoms with E-state index in [0.29, 0.717) is 30.6 Å². The van der Waals surface area contributed by atoms with Gasteiger partial charge in [0.05, 0.1) is 10.6 Å². The average molecular weight is 349 g/mol. The molecule has 0 bridgehead atoms.